The Balaban J connectivity index is 1.94. The van der Waals surface area contributed by atoms with Gasteiger partial charge in [-0.2, -0.15) is 0 Å². The summed E-state index contributed by atoms with van der Waals surface area (Å²) in [6.07, 6.45) is 0.210. The van der Waals surface area contributed by atoms with Crippen LogP contribution >= 0.6 is 0 Å². The molecule has 0 amide bonds. The van der Waals surface area contributed by atoms with Crippen LogP contribution in [0.1, 0.15) is 28.4 Å². The van der Waals surface area contributed by atoms with Crippen LogP contribution in [-0.2, 0) is 0 Å². The second kappa shape index (κ2) is 7.05. The highest BCUT2D eigenvalue weighted by Gasteiger charge is 2.41. The summed E-state index contributed by atoms with van der Waals surface area (Å²) in [4.78, 5) is 25.9. The van der Waals surface area contributed by atoms with Crippen LogP contribution in [0.3, 0.4) is 0 Å². The van der Waals surface area contributed by atoms with Gasteiger partial charge in [-0.3, -0.25) is 9.18 Å². The third-order valence-corrected chi connectivity index (χ3v) is 6.07. The highest BCUT2D eigenvalue weighted by molar-refractivity contribution is 5.95. The quantitative estimate of drug-likeness (QED) is 0.794. The van der Waals surface area contributed by atoms with E-state index in [4.69, 9.17) is 0 Å². The van der Waals surface area contributed by atoms with Crippen molar-refractivity contribution in [1.82, 2.24) is 9.88 Å². The Labute approximate surface area is 164 Å². The molecule has 4 rings (SSSR count). The molecule has 1 saturated heterocycles. The summed E-state index contributed by atoms with van der Waals surface area (Å²) < 4.78 is 43.8. The van der Waals surface area contributed by atoms with Gasteiger partial charge in [-0.15, -0.1) is 0 Å². The molecule has 2 fully saturated rings. The summed E-state index contributed by atoms with van der Waals surface area (Å²) in [6, 6.07) is 0.288. The summed E-state index contributed by atoms with van der Waals surface area (Å²) in [6.45, 7) is 1.78. The first-order valence-electron chi connectivity index (χ1n) is 9.51. The summed E-state index contributed by atoms with van der Waals surface area (Å²) in [5.41, 5.74) is -0.337. The standard InChI is InChI=1S/C20H22F3N3O3/c1-9-17-11(19(27)12(20(28)29)7-26(17)16-4-13(16)22)3-14(23)18(9)25-6-10(5-21)15(8-25)24-2/h3,7,10,13,15-16,24H,4-6,8H2,1-2H3,(H,28,29)/t10?,13-,15?,16+/m0/s1. The molecule has 2 unspecified atom stereocenters. The van der Waals surface area contributed by atoms with Crippen molar-refractivity contribution in [3.05, 3.63) is 39.4 Å². The molecule has 1 saturated carbocycles. The minimum atomic E-state index is -1.44. The van der Waals surface area contributed by atoms with Crippen molar-refractivity contribution in [3.63, 3.8) is 0 Å². The first-order valence-corrected chi connectivity index (χ1v) is 9.51. The maximum absolute atomic E-state index is 15.1. The lowest BCUT2D eigenvalue weighted by atomic mass is 10.0. The van der Waals surface area contributed by atoms with Crippen molar-refractivity contribution in [2.75, 3.05) is 31.7 Å². The van der Waals surface area contributed by atoms with Gasteiger partial charge >= 0.3 is 5.97 Å². The van der Waals surface area contributed by atoms with Gasteiger partial charge in [-0.25, -0.2) is 13.6 Å². The molecular formula is C20H22F3N3O3. The summed E-state index contributed by atoms with van der Waals surface area (Å²) in [5, 5.41) is 12.3. The number of hydrogen-bond donors (Lipinski definition) is 2. The number of benzene rings is 1. The topological polar surface area (TPSA) is 74.6 Å². The molecule has 29 heavy (non-hydrogen) atoms. The van der Waals surface area contributed by atoms with E-state index >= 15 is 4.39 Å². The molecule has 6 nitrogen and oxygen atoms in total. The van der Waals surface area contributed by atoms with Crippen LogP contribution < -0.4 is 15.6 Å². The zero-order valence-corrected chi connectivity index (χ0v) is 16.1. The number of halogens is 3. The van der Waals surface area contributed by atoms with Crippen LogP contribution in [0, 0.1) is 18.7 Å². The van der Waals surface area contributed by atoms with E-state index in [2.05, 4.69) is 5.32 Å². The number of anilines is 1. The monoisotopic (exact) mass is 409 g/mol. The van der Waals surface area contributed by atoms with Crippen molar-refractivity contribution >= 4 is 22.6 Å². The molecular weight excluding hydrogens is 387 g/mol. The number of nitrogens with one attached hydrogen (secondary N) is 1. The van der Waals surface area contributed by atoms with Crippen molar-refractivity contribution in [1.29, 1.82) is 0 Å². The predicted octanol–water partition coefficient (Wildman–Crippen LogP) is 2.42. The number of aromatic nitrogens is 1. The second-order valence-corrected chi connectivity index (χ2v) is 7.85. The number of alkyl halides is 2. The van der Waals surface area contributed by atoms with Crippen molar-refractivity contribution in [3.8, 4) is 0 Å². The van der Waals surface area contributed by atoms with E-state index in [1.165, 1.54) is 4.57 Å². The molecule has 0 radical (unpaired) electrons. The van der Waals surface area contributed by atoms with E-state index in [0.717, 1.165) is 12.3 Å². The zero-order chi connectivity index (χ0) is 21.0. The van der Waals surface area contributed by atoms with Gasteiger partial charge in [0.25, 0.3) is 0 Å². The Morgan fingerprint density at radius 2 is 2.07 bits per heavy atom. The Bertz CT molecular complexity index is 1040. The highest BCUT2D eigenvalue weighted by Crippen LogP contribution is 2.43. The lowest BCUT2D eigenvalue weighted by Gasteiger charge is -2.24. The summed E-state index contributed by atoms with van der Waals surface area (Å²) in [7, 11) is 1.72. The van der Waals surface area contributed by atoms with Gasteiger partial charge in [0, 0.05) is 43.1 Å². The largest absolute Gasteiger partial charge is 0.477 e. The minimum absolute atomic E-state index is 0.0887. The maximum atomic E-state index is 15.1. The van der Waals surface area contributed by atoms with E-state index in [-0.39, 0.29) is 29.5 Å². The first-order chi connectivity index (χ1) is 13.8. The van der Waals surface area contributed by atoms with Gasteiger partial charge < -0.3 is 19.9 Å². The fourth-order valence-electron chi connectivity index (χ4n) is 4.45. The Hall–Kier alpha value is -2.55. The normalized spacial score (nSPS) is 26.3. The van der Waals surface area contributed by atoms with Crippen molar-refractivity contribution in [2.24, 2.45) is 5.92 Å². The number of carbonyl (C=O) groups is 1. The minimum Gasteiger partial charge on any atom is -0.477 e. The van der Waals surface area contributed by atoms with E-state index in [9.17, 15) is 23.5 Å². The Morgan fingerprint density at radius 1 is 1.38 bits per heavy atom. The lowest BCUT2D eigenvalue weighted by molar-refractivity contribution is 0.0694. The number of pyridine rings is 1. The SMILES string of the molecule is CNC1CN(c2c(F)cc3c(=O)c(C(=O)O)cn([C@@H]4C[C@@H]4F)c3c2C)CC1CF. The van der Waals surface area contributed by atoms with Gasteiger partial charge in [0.05, 0.1) is 23.9 Å². The van der Waals surface area contributed by atoms with Crippen LogP contribution in [0.15, 0.2) is 17.1 Å². The number of hydrogen-bond acceptors (Lipinski definition) is 4. The molecule has 9 heteroatoms. The number of likely N-dealkylation sites (N-methyl/N-ethyl adjacent to an activating group) is 1. The Kier molecular flexibility index (Phi) is 4.80. The number of aryl methyl sites for hydroxylation is 1. The third kappa shape index (κ3) is 3.08. The fraction of sp³-hybridized carbons (Fsp3) is 0.500. The summed E-state index contributed by atoms with van der Waals surface area (Å²) in [5.74, 6) is -2.42. The average Bonchev–Trinajstić information content (AvgIpc) is 3.25. The molecule has 2 aliphatic rings. The molecule has 1 aromatic heterocycles. The van der Waals surface area contributed by atoms with Crippen molar-refractivity contribution in [2.45, 2.75) is 31.6 Å². The molecule has 1 aliphatic carbocycles. The predicted molar refractivity (Wildman–Crippen MR) is 103 cm³/mol. The van der Waals surface area contributed by atoms with E-state index < -0.39 is 41.7 Å². The molecule has 2 N–H and O–H groups in total. The van der Waals surface area contributed by atoms with Gasteiger partial charge in [0.15, 0.2) is 0 Å². The molecule has 2 heterocycles. The molecule has 0 bridgehead atoms. The average molecular weight is 409 g/mol. The van der Waals surface area contributed by atoms with Crippen LogP contribution in [0.25, 0.3) is 10.9 Å². The number of nitrogens with zero attached hydrogens (tertiary/aromatic N) is 2. The number of rotatable bonds is 5. The highest BCUT2D eigenvalue weighted by atomic mass is 19.1. The maximum Gasteiger partial charge on any atom is 0.341 e. The van der Waals surface area contributed by atoms with E-state index in [1.54, 1.807) is 18.9 Å². The fourth-order valence-corrected chi connectivity index (χ4v) is 4.45. The van der Waals surface area contributed by atoms with Gasteiger partial charge in [-0.1, -0.05) is 0 Å². The van der Waals surface area contributed by atoms with E-state index in [1.807, 2.05) is 0 Å². The van der Waals surface area contributed by atoms with Crippen LogP contribution in [0.4, 0.5) is 18.9 Å². The first kappa shape index (κ1) is 19.8. The zero-order valence-electron chi connectivity index (χ0n) is 16.1. The Morgan fingerprint density at radius 3 is 2.59 bits per heavy atom. The number of aromatic carboxylic acids is 1. The van der Waals surface area contributed by atoms with Crippen LogP contribution in [0.5, 0.6) is 0 Å². The van der Waals surface area contributed by atoms with Crippen LogP contribution in [0.2, 0.25) is 0 Å². The molecule has 1 aliphatic heterocycles. The molecule has 2 aromatic rings. The van der Waals surface area contributed by atoms with Gasteiger partial charge in [0.1, 0.15) is 17.6 Å². The molecule has 4 atom stereocenters. The molecule has 1 aromatic carbocycles. The molecule has 156 valence electrons. The van der Waals surface area contributed by atoms with Crippen molar-refractivity contribution < 1.29 is 23.1 Å². The van der Waals surface area contributed by atoms with E-state index in [0.29, 0.717) is 24.2 Å². The van der Waals surface area contributed by atoms with Crippen LogP contribution in [-0.4, -0.2) is 54.7 Å². The number of carboxylic acid groups (broad SMARTS) is 1. The summed E-state index contributed by atoms with van der Waals surface area (Å²) >= 11 is 0. The second-order valence-electron chi connectivity index (χ2n) is 7.85. The van der Waals surface area contributed by atoms with Gasteiger partial charge in [0.2, 0.25) is 5.43 Å². The lowest BCUT2D eigenvalue weighted by Crippen LogP contribution is -2.34. The van der Waals surface area contributed by atoms with Gasteiger partial charge in [-0.05, 0) is 25.6 Å². The smallest absolute Gasteiger partial charge is 0.341 e. The third-order valence-electron chi connectivity index (χ3n) is 6.07. The number of fused-ring (bicyclic) bond motifs is 1. The number of carboxylic acids is 1. The molecule has 0 spiro atoms.